The number of hydrogen-bond donors (Lipinski definition) is 2. The molecule has 0 amide bonds. The van der Waals surface area contributed by atoms with E-state index in [-0.39, 0.29) is 6.61 Å². The van der Waals surface area contributed by atoms with Gasteiger partial charge >= 0.3 is 0 Å². The molecule has 0 aliphatic heterocycles. The highest BCUT2D eigenvalue weighted by molar-refractivity contribution is 5.27. The van der Waals surface area contributed by atoms with E-state index in [1.165, 1.54) is 5.56 Å². The van der Waals surface area contributed by atoms with E-state index < -0.39 is 6.10 Å². The van der Waals surface area contributed by atoms with E-state index in [2.05, 4.69) is 4.90 Å². The van der Waals surface area contributed by atoms with Crippen molar-refractivity contribution in [1.29, 1.82) is 0 Å². The van der Waals surface area contributed by atoms with Crippen LogP contribution in [0.1, 0.15) is 23.7 Å². The lowest BCUT2D eigenvalue weighted by atomic mass is 10.1. The van der Waals surface area contributed by atoms with Crippen LogP contribution in [0.2, 0.25) is 0 Å². The Labute approximate surface area is 138 Å². The second kappa shape index (κ2) is 9.30. The Bertz CT molecular complexity index is 557. The zero-order valence-electron chi connectivity index (χ0n) is 13.6. The molecule has 4 nitrogen and oxygen atoms in total. The fraction of sp³-hybridized carbons (Fsp3) is 0.368. The van der Waals surface area contributed by atoms with Gasteiger partial charge in [0.1, 0.15) is 5.75 Å². The van der Waals surface area contributed by atoms with Gasteiger partial charge < -0.3 is 14.9 Å². The molecule has 124 valence electrons. The molecule has 0 bridgehead atoms. The van der Waals surface area contributed by atoms with E-state index in [9.17, 15) is 5.11 Å². The molecule has 2 N–H and O–H groups in total. The molecule has 23 heavy (non-hydrogen) atoms. The highest BCUT2D eigenvalue weighted by Gasteiger charge is 2.10. The summed E-state index contributed by atoms with van der Waals surface area (Å²) in [5.41, 5.74) is 2.11. The normalized spacial score (nSPS) is 12.3. The van der Waals surface area contributed by atoms with Gasteiger partial charge in [-0.3, -0.25) is 4.90 Å². The Morgan fingerprint density at radius 2 is 1.74 bits per heavy atom. The molecule has 0 heterocycles. The quantitative estimate of drug-likeness (QED) is 0.699. The van der Waals surface area contributed by atoms with Gasteiger partial charge in [0.2, 0.25) is 0 Å². The third-order valence-corrected chi connectivity index (χ3v) is 3.62. The maximum absolute atomic E-state index is 10.3. The molecule has 2 aromatic carbocycles. The Kier molecular flexibility index (Phi) is 7.07. The molecule has 0 aromatic heterocycles. The van der Waals surface area contributed by atoms with E-state index in [4.69, 9.17) is 9.84 Å². The lowest BCUT2D eigenvalue weighted by Gasteiger charge is -2.21. The first-order chi connectivity index (χ1) is 11.2. The number of rotatable bonds is 9. The fourth-order valence-electron chi connectivity index (χ4n) is 2.40. The number of nitrogens with zero attached hydrogens (tertiary/aromatic N) is 1. The number of benzene rings is 2. The van der Waals surface area contributed by atoms with Gasteiger partial charge in [-0.25, -0.2) is 0 Å². The third kappa shape index (κ3) is 6.02. The molecule has 0 saturated heterocycles. The molecule has 0 spiro atoms. The van der Waals surface area contributed by atoms with Crippen molar-refractivity contribution in [1.82, 2.24) is 4.90 Å². The van der Waals surface area contributed by atoms with Gasteiger partial charge in [0.25, 0.3) is 0 Å². The molecule has 1 atom stereocenters. The van der Waals surface area contributed by atoms with Crippen LogP contribution < -0.4 is 4.74 Å². The van der Waals surface area contributed by atoms with E-state index >= 15 is 0 Å². The number of likely N-dealkylation sites (N-methyl/N-ethyl adjacent to an activating group) is 1. The molecule has 4 heteroatoms. The van der Waals surface area contributed by atoms with Crippen LogP contribution in [-0.2, 0) is 6.54 Å². The van der Waals surface area contributed by atoms with Crippen molar-refractivity contribution in [3.05, 3.63) is 65.7 Å². The third-order valence-electron chi connectivity index (χ3n) is 3.62. The van der Waals surface area contributed by atoms with Gasteiger partial charge in [-0.15, -0.1) is 0 Å². The van der Waals surface area contributed by atoms with Crippen LogP contribution in [-0.4, -0.2) is 41.9 Å². The van der Waals surface area contributed by atoms with Gasteiger partial charge in [-0.05, 0) is 30.3 Å². The summed E-state index contributed by atoms with van der Waals surface area (Å²) in [5, 5.41) is 19.0. The highest BCUT2D eigenvalue weighted by Crippen LogP contribution is 2.16. The van der Waals surface area contributed by atoms with Crippen LogP contribution in [0.5, 0.6) is 5.75 Å². The van der Waals surface area contributed by atoms with Crippen LogP contribution in [0, 0.1) is 0 Å². The van der Waals surface area contributed by atoms with E-state index in [1.807, 2.05) is 61.6 Å². The first-order valence-corrected chi connectivity index (χ1v) is 7.93. The summed E-state index contributed by atoms with van der Waals surface area (Å²) in [6.07, 6.45) is 0.157. The van der Waals surface area contributed by atoms with Crippen LogP contribution in [0.4, 0.5) is 0 Å². The Morgan fingerprint density at radius 3 is 2.39 bits per heavy atom. The Hall–Kier alpha value is -1.88. The summed E-state index contributed by atoms with van der Waals surface area (Å²) in [6.45, 7) is 2.02. The average molecular weight is 315 g/mol. The molecule has 0 radical (unpaired) electrons. The van der Waals surface area contributed by atoms with Crippen molar-refractivity contribution in [3.63, 3.8) is 0 Å². The molecule has 2 aromatic rings. The van der Waals surface area contributed by atoms with E-state index in [0.29, 0.717) is 19.6 Å². The molecule has 0 aliphatic carbocycles. The minimum absolute atomic E-state index is 0.145. The summed E-state index contributed by atoms with van der Waals surface area (Å²) in [7, 11) is 2.00. The fourth-order valence-corrected chi connectivity index (χ4v) is 2.40. The molecule has 2 rings (SSSR count). The maximum atomic E-state index is 10.3. The summed E-state index contributed by atoms with van der Waals surface area (Å²) >= 11 is 0. The largest absolute Gasteiger partial charge is 0.494 e. The van der Waals surface area contributed by atoms with Crippen LogP contribution in [0.15, 0.2) is 54.6 Å². The van der Waals surface area contributed by atoms with Gasteiger partial charge in [-0.1, -0.05) is 42.5 Å². The van der Waals surface area contributed by atoms with Crippen molar-refractivity contribution < 1.29 is 14.9 Å². The first kappa shape index (κ1) is 17.5. The van der Waals surface area contributed by atoms with E-state index in [0.717, 1.165) is 17.9 Å². The lowest BCUT2D eigenvalue weighted by Crippen LogP contribution is -2.24. The van der Waals surface area contributed by atoms with Gasteiger partial charge in [-0.2, -0.15) is 0 Å². The molecular weight excluding hydrogens is 290 g/mol. The van der Waals surface area contributed by atoms with Crippen molar-refractivity contribution in [3.8, 4) is 5.75 Å². The van der Waals surface area contributed by atoms with Crippen molar-refractivity contribution >= 4 is 0 Å². The van der Waals surface area contributed by atoms with Crippen molar-refractivity contribution in [2.75, 3.05) is 26.8 Å². The predicted molar refractivity (Wildman–Crippen MR) is 91.4 cm³/mol. The molecule has 0 fully saturated rings. The van der Waals surface area contributed by atoms with Crippen LogP contribution >= 0.6 is 0 Å². The first-order valence-electron chi connectivity index (χ1n) is 7.93. The zero-order chi connectivity index (χ0) is 16.5. The number of aliphatic hydroxyl groups is 2. The second-order valence-electron chi connectivity index (χ2n) is 5.69. The molecule has 0 saturated carbocycles. The molecule has 1 unspecified atom stereocenters. The summed E-state index contributed by atoms with van der Waals surface area (Å²) < 4.78 is 5.52. The van der Waals surface area contributed by atoms with E-state index in [1.54, 1.807) is 0 Å². The minimum atomic E-state index is -0.484. The second-order valence-corrected chi connectivity index (χ2v) is 5.69. The predicted octanol–water partition coefficient (Wildman–Crippen LogP) is 2.61. The van der Waals surface area contributed by atoms with Crippen molar-refractivity contribution in [2.45, 2.75) is 19.1 Å². The van der Waals surface area contributed by atoms with Crippen LogP contribution in [0.25, 0.3) is 0 Å². The smallest absolute Gasteiger partial charge is 0.119 e. The Morgan fingerprint density at radius 1 is 1.04 bits per heavy atom. The lowest BCUT2D eigenvalue weighted by molar-refractivity contribution is 0.124. The monoisotopic (exact) mass is 315 g/mol. The zero-order valence-corrected chi connectivity index (χ0v) is 13.6. The SMILES string of the molecule is CN(Cc1ccc(OCCCO)cc1)CC(O)c1ccccc1. The maximum Gasteiger partial charge on any atom is 0.119 e. The Balaban J connectivity index is 1.81. The van der Waals surface area contributed by atoms with Crippen LogP contribution in [0.3, 0.4) is 0 Å². The van der Waals surface area contributed by atoms with Gasteiger partial charge in [0.05, 0.1) is 12.7 Å². The number of hydrogen-bond acceptors (Lipinski definition) is 4. The van der Waals surface area contributed by atoms with Crippen molar-refractivity contribution in [2.24, 2.45) is 0 Å². The van der Waals surface area contributed by atoms with Gasteiger partial charge in [0, 0.05) is 26.1 Å². The average Bonchev–Trinajstić information content (AvgIpc) is 2.57. The number of aliphatic hydroxyl groups excluding tert-OH is 2. The summed E-state index contributed by atoms with van der Waals surface area (Å²) in [4.78, 5) is 2.10. The number of ether oxygens (including phenoxy) is 1. The topological polar surface area (TPSA) is 52.9 Å². The summed E-state index contributed by atoms with van der Waals surface area (Å²) in [6, 6.07) is 17.6. The summed E-state index contributed by atoms with van der Waals surface area (Å²) in [5.74, 6) is 0.814. The molecular formula is C19H25NO3. The minimum Gasteiger partial charge on any atom is -0.494 e. The van der Waals surface area contributed by atoms with Gasteiger partial charge in [0.15, 0.2) is 0 Å². The highest BCUT2D eigenvalue weighted by atomic mass is 16.5. The standard InChI is InChI=1S/C19H25NO3/c1-20(15-19(22)17-6-3-2-4-7-17)14-16-8-10-18(11-9-16)23-13-5-12-21/h2-4,6-11,19,21-22H,5,12-15H2,1H3. The molecule has 0 aliphatic rings.